The number of carbonyl (C=O) groups is 2. The highest BCUT2D eigenvalue weighted by molar-refractivity contribution is 14.1. The van der Waals surface area contributed by atoms with Crippen molar-refractivity contribution < 1.29 is 9.59 Å². The zero-order valence-corrected chi connectivity index (χ0v) is 13.2. The maximum atomic E-state index is 10.5. The van der Waals surface area contributed by atoms with Gasteiger partial charge in [0.05, 0.1) is 0 Å². The molecule has 0 aliphatic carbocycles. The Morgan fingerprint density at radius 2 is 1.29 bits per heavy atom. The summed E-state index contributed by atoms with van der Waals surface area (Å²) in [5.41, 5.74) is 0. The molecular formula is C6H10I2N2O2S2. The second-order valence-corrected chi connectivity index (χ2v) is 6.71. The van der Waals surface area contributed by atoms with Crippen LogP contribution >= 0.6 is 66.8 Å². The Hall–Kier alpha value is 1.10. The predicted octanol–water partition coefficient (Wildman–Crippen LogP) is 2.66. The van der Waals surface area contributed by atoms with Gasteiger partial charge in [0.25, 0.3) is 7.83 Å². The first-order chi connectivity index (χ1) is 6.63. The van der Waals surface area contributed by atoms with Gasteiger partial charge in [0.1, 0.15) is 0 Å². The molecule has 2 amide bonds. The number of hydrogen-bond acceptors (Lipinski definition) is 4. The zero-order valence-electron chi connectivity index (χ0n) is 7.22. The highest BCUT2D eigenvalue weighted by Crippen LogP contribution is 2.19. The van der Waals surface area contributed by atoms with Crippen molar-refractivity contribution in [2.75, 3.05) is 24.6 Å². The molecule has 0 saturated heterocycles. The normalized spacial score (nSPS) is 9.57. The molecule has 0 unspecified atom stereocenters. The molecule has 0 fully saturated rings. The van der Waals surface area contributed by atoms with Crippen molar-refractivity contribution >= 4 is 74.6 Å². The van der Waals surface area contributed by atoms with Gasteiger partial charge in [0.2, 0.25) is 0 Å². The summed E-state index contributed by atoms with van der Waals surface area (Å²) in [6, 6.07) is 0. The molecule has 0 saturated carbocycles. The van der Waals surface area contributed by atoms with Crippen molar-refractivity contribution in [3.8, 4) is 0 Å². The molecule has 14 heavy (non-hydrogen) atoms. The van der Waals surface area contributed by atoms with E-state index in [-0.39, 0.29) is 7.83 Å². The van der Waals surface area contributed by atoms with Crippen LogP contribution in [-0.2, 0) is 0 Å². The fourth-order valence-corrected chi connectivity index (χ4v) is 2.85. The largest absolute Gasteiger partial charge is 0.347 e. The molecule has 0 atom stereocenters. The second kappa shape index (κ2) is 10.6. The van der Waals surface area contributed by atoms with Gasteiger partial charge in [-0.25, -0.2) is 0 Å². The lowest BCUT2D eigenvalue weighted by Crippen LogP contribution is -2.19. The van der Waals surface area contributed by atoms with Gasteiger partial charge in [0, 0.05) is 69.8 Å². The predicted molar refractivity (Wildman–Crippen MR) is 79.8 cm³/mol. The molecule has 2 N–H and O–H groups in total. The van der Waals surface area contributed by atoms with E-state index in [1.54, 1.807) is 66.8 Å². The summed E-state index contributed by atoms with van der Waals surface area (Å²) in [5.74, 6) is 1.77. The fraction of sp³-hybridized carbons (Fsp3) is 0.667. The van der Waals surface area contributed by atoms with Crippen LogP contribution in [0.1, 0.15) is 0 Å². The smallest absolute Gasteiger partial charge is 0.280 e. The topological polar surface area (TPSA) is 58.2 Å². The molecule has 0 aliphatic heterocycles. The lowest BCUT2D eigenvalue weighted by Gasteiger charge is -2.01. The molecule has 0 aliphatic rings. The molecule has 0 bridgehead atoms. The van der Waals surface area contributed by atoms with E-state index in [9.17, 15) is 9.59 Å². The van der Waals surface area contributed by atoms with Crippen molar-refractivity contribution in [2.45, 2.75) is 0 Å². The Labute approximate surface area is 118 Å². The summed E-state index contributed by atoms with van der Waals surface area (Å²) >= 11 is 3.42. The van der Waals surface area contributed by atoms with E-state index in [2.05, 4.69) is 10.6 Å². The molecule has 82 valence electrons. The molecule has 0 aromatic heterocycles. The summed E-state index contributed by atoms with van der Waals surface area (Å²) in [5, 5.41) is 5.39. The van der Waals surface area contributed by atoms with Crippen LogP contribution in [0.4, 0.5) is 9.59 Å². The third-order valence-corrected chi connectivity index (χ3v) is 4.15. The number of nitrogens with one attached hydrogen (secondary N) is 2. The Balaban J connectivity index is 2.99. The Morgan fingerprint density at radius 1 is 0.929 bits per heavy atom. The van der Waals surface area contributed by atoms with Gasteiger partial charge in [-0.2, -0.15) is 0 Å². The lowest BCUT2D eigenvalue weighted by molar-refractivity contribution is 0.262. The van der Waals surface area contributed by atoms with Gasteiger partial charge in [0.15, 0.2) is 0 Å². The second-order valence-electron chi connectivity index (χ2n) is 2.04. The summed E-state index contributed by atoms with van der Waals surface area (Å²) < 4.78 is -0.0456. The maximum Gasteiger partial charge on any atom is 0.280 e. The number of carbonyl (C=O) groups excluding carboxylic acids is 2. The van der Waals surface area contributed by atoms with Crippen LogP contribution in [0, 0.1) is 0 Å². The van der Waals surface area contributed by atoms with Crippen molar-refractivity contribution in [1.29, 1.82) is 0 Å². The van der Waals surface area contributed by atoms with Crippen LogP contribution in [0.5, 0.6) is 0 Å². The van der Waals surface area contributed by atoms with Crippen LogP contribution in [0.2, 0.25) is 0 Å². The van der Waals surface area contributed by atoms with Crippen LogP contribution in [0.15, 0.2) is 0 Å². The Kier molecular flexibility index (Phi) is 11.4. The molecule has 4 nitrogen and oxygen atoms in total. The van der Waals surface area contributed by atoms with Crippen LogP contribution < -0.4 is 10.6 Å². The van der Waals surface area contributed by atoms with E-state index in [0.29, 0.717) is 13.1 Å². The van der Waals surface area contributed by atoms with Gasteiger partial charge in [-0.15, -0.1) is 0 Å². The molecule has 8 heteroatoms. The van der Waals surface area contributed by atoms with E-state index in [1.807, 2.05) is 0 Å². The van der Waals surface area contributed by atoms with Crippen LogP contribution in [0.25, 0.3) is 0 Å². The number of rotatable bonds is 7. The van der Waals surface area contributed by atoms with Crippen molar-refractivity contribution in [3.05, 3.63) is 0 Å². The monoisotopic (exact) mass is 460 g/mol. The van der Waals surface area contributed by atoms with Crippen LogP contribution in [-0.4, -0.2) is 32.4 Å². The van der Waals surface area contributed by atoms with Crippen molar-refractivity contribution in [3.63, 3.8) is 0 Å². The average Bonchev–Trinajstić information content (AvgIpc) is 2.08. The molecule has 0 radical (unpaired) electrons. The van der Waals surface area contributed by atoms with Gasteiger partial charge in [-0.3, -0.25) is 9.59 Å². The first kappa shape index (κ1) is 15.1. The van der Waals surface area contributed by atoms with E-state index in [4.69, 9.17) is 0 Å². The molecule has 0 rings (SSSR count). The minimum Gasteiger partial charge on any atom is -0.347 e. The summed E-state index contributed by atoms with van der Waals surface area (Å²) in [6.45, 7) is 1.39. The minimum atomic E-state index is -0.0228. The molecule has 0 aromatic rings. The van der Waals surface area contributed by atoms with Gasteiger partial charge in [-0.05, 0) is 0 Å². The Morgan fingerprint density at radius 3 is 1.57 bits per heavy atom. The SMILES string of the molecule is O=C(I)NCCSSCCNC(=O)I. The average molecular weight is 460 g/mol. The van der Waals surface area contributed by atoms with E-state index >= 15 is 0 Å². The van der Waals surface area contributed by atoms with Crippen molar-refractivity contribution in [1.82, 2.24) is 10.6 Å². The number of hydrogen-bond donors (Lipinski definition) is 2. The quantitative estimate of drug-likeness (QED) is 0.202. The third-order valence-electron chi connectivity index (χ3n) is 0.982. The Bertz CT molecular complexity index is 175. The lowest BCUT2D eigenvalue weighted by atomic mass is 10.8. The molecule has 0 aromatic carbocycles. The molecule has 0 heterocycles. The van der Waals surface area contributed by atoms with E-state index in [1.165, 1.54) is 0 Å². The molecule has 0 spiro atoms. The summed E-state index contributed by atoms with van der Waals surface area (Å²) in [4.78, 5) is 20.9. The first-order valence-corrected chi connectivity index (χ1v) is 8.38. The minimum absolute atomic E-state index is 0.0228. The molecular weight excluding hydrogens is 450 g/mol. The summed E-state index contributed by atoms with van der Waals surface area (Å²) in [7, 11) is 3.38. The zero-order chi connectivity index (χ0) is 10.8. The third kappa shape index (κ3) is 13.1. The summed E-state index contributed by atoms with van der Waals surface area (Å²) in [6.07, 6.45) is 0. The first-order valence-electron chi connectivity index (χ1n) is 3.74. The van der Waals surface area contributed by atoms with Crippen LogP contribution in [0.3, 0.4) is 0 Å². The van der Waals surface area contributed by atoms with Gasteiger partial charge >= 0.3 is 0 Å². The van der Waals surface area contributed by atoms with Gasteiger partial charge in [-0.1, -0.05) is 21.6 Å². The van der Waals surface area contributed by atoms with E-state index in [0.717, 1.165) is 11.5 Å². The highest BCUT2D eigenvalue weighted by atomic mass is 127. The number of halogens is 2. The van der Waals surface area contributed by atoms with Gasteiger partial charge < -0.3 is 10.6 Å². The fourth-order valence-electron chi connectivity index (χ4n) is 0.500. The van der Waals surface area contributed by atoms with E-state index < -0.39 is 0 Å². The standard InChI is InChI=1S/C6H10I2N2O2S2/c7-5(11)9-1-3-13-14-4-2-10-6(8)12/h1-4H2,(H,9,11)(H,10,12). The maximum absolute atomic E-state index is 10.5. The number of amides is 2. The highest BCUT2D eigenvalue weighted by Gasteiger charge is 1.95. The van der Waals surface area contributed by atoms with Crippen molar-refractivity contribution in [2.24, 2.45) is 0 Å².